The van der Waals surface area contributed by atoms with E-state index < -0.39 is 0 Å². The SMILES string of the molecule is CC(C)(C)c1ccc(N2c3cccc4c3B(c3ccccc3-4)c3cc4c(c(C(C)(C)C)c32)B2c3ccccc3-c3cc(C(C)(C)C)cc(c32)N4c2ccccc2)cc1. The molecule has 4 aliphatic rings. The maximum atomic E-state index is 2.65. The van der Waals surface area contributed by atoms with E-state index in [2.05, 4.69) is 212 Å². The highest BCUT2D eigenvalue weighted by Gasteiger charge is 2.50. The van der Waals surface area contributed by atoms with E-state index in [-0.39, 0.29) is 29.7 Å². The van der Waals surface area contributed by atoms with Gasteiger partial charge in [0.15, 0.2) is 0 Å². The van der Waals surface area contributed by atoms with Gasteiger partial charge in [-0.25, -0.2) is 0 Å². The van der Waals surface area contributed by atoms with E-state index in [9.17, 15) is 0 Å². The molecule has 4 aliphatic heterocycles. The van der Waals surface area contributed by atoms with E-state index in [4.69, 9.17) is 0 Å². The highest BCUT2D eigenvalue weighted by Crippen LogP contribution is 2.49. The predicted octanol–water partition coefficient (Wildman–Crippen LogP) is 10.1. The largest absolute Gasteiger partial charge is 0.311 e. The molecule has 7 aromatic carbocycles. The van der Waals surface area contributed by atoms with Crippen LogP contribution in [0.1, 0.15) is 79.0 Å². The average Bonchev–Trinajstić information content (AvgIpc) is 3.72. The zero-order chi connectivity index (χ0) is 40.0. The lowest BCUT2D eigenvalue weighted by atomic mass is 9.33. The smallest absolute Gasteiger partial charge is 0.248 e. The first-order valence-corrected chi connectivity index (χ1v) is 21.2. The topological polar surface area (TPSA) is 6.48 Å². The third kappa shape index (κ3) is 4.87. The van der Waals surface area contributed by atoms with Gasteiger partial charge < -0.3 is 9.80 Å². The average molecular weight is 749 g/mol. The molecule has 0 N–H and O–H groups in total. The van der Waals surface area contributed by atoms with Gasteiger partial charge >= 0.3 is 0 Å². The van der Waals surface area contributed by atoms with Gasteiger partial charge in [0, 0.05) is 34.1 Å². The molecular formula is C54H50B2N2. The Morgan fingerprint density at radius 2 is 0.914 bits per heavy atom. The Kier molecular flexibility index (Phi) is 7.28. The van der Waals surface area contributed by atoms with Crippen LogP contribution >= 0.6 is 0 Å². The summed E-state index contributed by atoms with van der Waals surface area (Å²) >= 11 is 0. The second-order valence-electron chi connectivity index (χ2n) is 20.2. The lowest BCUT2D eigenvalue weighted by molar-refractivity contribution is 0.590. The Labute approximate surface area is 345 Å². The van der Waals surface area contributed by atoms with Crippen LogP contribution in [0.3, 0.4) is 0 Å². The molecule has 58 heavy (non-hydrogen) atoms. The van der Waals surface area contributed by atoms with E-state index in [1.54, 1.807) is 0 Å². The van der Waals surface area contributed by atoms with E-state index >= 15 is 0 Å². The van der Waals surface area contributed by atoms with Crippen LogP contribution in [0.15, 0.2) is 140 Å². The van der Waals surface area contributed by atoms with Crippen molar-refractivity contribution in [3.05, 3.63) is 156 Å². The fourth-order valence-electron chi connectivity index (χ4n) is 10.9. The molecule has 0 unspecified atom stereocenters. The molecular weight excluding hydrogens is 698 g/mol. The number of para-hydroxylation sites is 1. The Bertz CT molecular complexity index is 2850. The second kappa shape index (κ2) is 11.9. The number of rotatable bonds is 2. The Balaban J connectivity index is 1.32. The van der Waals surface area contributed by atoms with Gasteiger partial charge in [0.2, 0.25) is 13.4 Å². The van der Waals surface area contributed by atoms with Crippen molar-refractivity contribution in [2.24, 2.45) is 0 Å². The maximum Gasteiger partial charge on any atom is 0.248 e. The van der Waals surface area contributed by atoms with Gasteiger partial charge in [0.05, 0.1) is 0 Å². The molecule has 282 valence electrons. The third-order valence-corrected chi connectivity index (χ3v) is 13.5. The quantitative estimate of drug-likeness (QED) is 0.163. The summed E-state index contributed by atoms with van der Waals surface area (Å²) in [6, 6.07) is 53.7. The first kappa shape index (κ1) is 35.4. The first-order chi connectivity index (χ1) is 27.7. The normalized spacial score (nSPS) is 14.5. The summed E-state index contributed by atoms with van der Waals surface area (Å²) in [5, 5.41) is 0. The highest BCUT2D eigenvalue weighted by atomic mass is 15.2. The van der Waals surface area contributed by atoms with Gasteiger partial charge in [-0.2, -0.15) is 0 Å². The Morgan fingerprint density at radius 3 is 1.57 bits per heavy atom. The van der Waals surface area contributed by atoms with Crippen molar-refractivity contribution >= 4 is 80.3 Å². The predicted molar refractivity (Wildman–Crippen MR) is 252 cm³/mol. The molecule has 0 saturated carbocycles. The van der Waals surface area contributed by atoms with Gasteiger partial charge in [-0.15, -0.1) is 0 Å². The molecule has 0 amide bonds. The number of hydrogen-bond donors (Lipinski definition) is 0. The summed E-state index contributed by atoms with van der Waals surface area (Å²) < 4.78 is 0. The number of nitrogens with zero attached hydrogens (tertiary/aromatic N) is 2. The second-order valence-corrected chi connectivity index (χ2v) is 20.2. The lowest BCUT2D eigenvalue weighted by Gasteiger charge is -2.45. The summed E-state index contributed by atoms with van der Waals surface area (Å²) in [5.74, 6) is 0. The van der Waals surface area contributed by atoms with E-state index in [1.165, 1.54) is 106 Å². The fraction of sp³-hybridized carbons (Fsp3) is 0.222. The van der Waals surface area contributed by atoms with Crippen molar-refractivity contribution in [1.82, 2.24) is 0 Å². The van der Waals surface area contributed by atoms with Crippen LogP contribution in [-0.2, 0) is 16.2 Å². The molecule has 0 atom stereocenters. The highest BCUT2D eigenvalue weighted by molar-refractivity contribution is 7.03. The van der Waals surface area contributed by atoms with Crippen LogP contribution in [0, 0.1) is 0 Å². The standard InChI is InChI=1S/C54H50B2N2/c1-52(2,3)33-26-28-36(29-27-33)58-44-25-17-22-39-37-20-13-15-23-41(37)55(48(39)44)43-32-46-50(47(51(43)58)54(7,8)9)56-42-24-16-14-21-38(42)40-30-34(53(4,5)6)31-45(49(40)56)57(46)35-18-11-10-12-19-35/h10-32H,1-9H3. The van der Waals surface area contributed by atoms with Gasteiger partial charge in [-0.1, -0.05) is 170 Å². The summed E-state index contributed by atoms with van der Waals surface area (Å²) in [5.41, 5.74) is 25.5. The first-order valence-electron chi connectivity index (χ1n) is 21.2. The molecule has 0 aromatic heterocycles. The monoisotopic (exact) mass is 748 g/mol. The summed E-state index contributed by atoms with van der Waals surface area (Å²) in [6.07, 6.45) is 0. The number of benzene rings is 7. The molecule has 0 radical (unpaired) electrons. The maximum absolute atomic E-state index is 2.65. The molecule has 2 nitrogen and oxygen atoms in total. The number of hydrogen-bond acceptors (Lipinski definition) is 2. The van der Waals surface area contributed by atoms with Crippen molar-refractivity contribution in [1.29, 1.82) is 0 Å². The van der Waals surface area contributed by atoms with Crippen LogP contribution in [0.4, 0.5) is 34.1 Å². The van der Waals surface area contributed by atoms with Crippen molar-refractivity contribution < 1.29 is 0 Å². The molecule has 0 saturated heterocycles. The van der Waals surface area contributed by atoms with Crippen LogP contribution in [0.5, 0.6) is 0 Å². The van der Waals surface area contributed by atoms with Crippen molar-refractivity contribution in [3.8, 4) is 22.3 Å². The molecule has 0 spiro atoms. The van der Waals surface area contributed by atoms with Crippen molar-refractivity contribution in [3.63, 3.8) is 0 Å². The van der Waals surface area contributed by atoms with E-state index in [0.717, 1.165) is 0 Å². The van der Waals surface area contributed by atoms with Crippen LogP contribution in [0.2, 0.25) is 0 Å². The molecule has 4 heterocycles. The van der Waals surface area contributed by atoms with Gasteiger partial charge in [-0.05, 0) is 120 Å². The third-order valence-electron chi connectivity index (χ3n) is 13.5. The molecule has 11 rings (SSSR count). The zero-order valence-corrected chi connectivity index (χ0v) is 35.3. The summed E-state index contributed by atoms with van der Waals surface area (Å²) in [4.78, 5) is 5.28. The van der Waals surface area contributed by atoms with Crippen LogP contribution < -0.4 is 42.6 Å². The molecule has 7 aromatic rings. The van der Waals surface area contributed by atoms with Gasteiger partial charge in [-0.3, -0.25) is 0 Å². The fourth-order valence-corrected chi connectivity index (χ4v) is 10.9. The molecule has 0 aliphatic carbocycles. The lowest BCUT2D eigenvalue weighted by Crippen LogP contribution is -2.61. The number of anilines is 6. The van der Waals surface area contributed by atoms with Crippen LogP contribution in [-0.4, -0.2) is 13.4 Å². The molecule has 0 fully saturated rings. The van der Waals surface area contributed by atoms with E-state index in [0.29, 0.717) is 0 Å². The zero-order valence-electron chi connectivity index (χ0n) is 35.3. The van der Waals surface area contributed by atoms with Gasteiger partial charge in [0.1, 0.15) is 0 Å². The Hall–Kier alpha value is -5.73. The van der Waals surface area contributed by atoms with Gasteiger partial charge in [0.25, 0.3) is 0 Å². The summed E-state index contributed by atoms with van der Waals surface area (Å²) in [7, 11) is 0. The minimum Gasteiger partial charge on any atom is -0.311 e. The molecule has 4 heteroatoms. The Morgan fingerprint density at radius 1 is 0.362 bits per heavy atom. The van der Waals surface area contributed by atoms with E-state index in [1.807, 2.05) is 0 Å². The minimum atomic E-state index is -0.213. The summed E-state index contributed by atoms with van der Waals surface area (Å²) in [6.45, 7) is 21.5. The van der Waals surface area contributed by atoms with Crippen molar-refractivity contribution in [2.45, 2.75) is 78.6 Å². The minimum absolute atomic E-state index is 0.0235. The number of fused-ring (bicyclic) bond motifs is 10. The molecule has 0 bridgehead atoms. The van der Waals surface area contributed by atoms with Crippen molar-refractivity contribution in [2.75, 3.05) is 9.80 Å². The van der Waals surface area contributed by atoms with Crippen LogP contribution in [0.25, 0.3) is 22.3 Å².